The van der Waals surface area contributed by atoms with Crippen molar-refractivity contribution in [1.29, 1.82) is 0 Å². The molecule has 3 N–H and O–H groups in total. The Balaban J connectivity index is 1.42. The first-order valence-corrected chi connectivity index (χ1v) is 11.5. The van der Waals surface area contributed by atoms with Crippen molar-refractivity contribution in [1.82, 2.24) is 10.2 Å². The van der Waals surface area contributed by atoms with Gasteiger partial charge in [0.2, 0.25) is 11.8 Å². The molecule has 0 radical (unpaired) electrons. The van der Waals surface area contributed by atoms with Gasteiger partial charge in [-0.25, -0.2) is 4.39 Å². The molecule has 0 aromatic heterocycles. The van der Waals surface area contributed by atoms with Gasteiger partial charge in [-0.2, -0.15) is 0 Å². The van der Waals surface area contributed by atoms with Gasteiger partial charge in [0, 0.05) is 39.0 Å². The summed E-state index contributed by atoms with van der Waals surface area (Å²) < 4.78 is 15.2. The fourth-order valence-electron chi connectivity index (χ4n) is 4.25. The van der Waals surface area contributed by atoms with Gasteiger partial charge in [0.15, 0.2) is 5.82 Å². The number of amides is 2. The molecule has 176 valence electrons. The number of nitrogens with zero attached hydrogens (tertiary/aromatic N) is 2. The summed E-state index contributed by atoms with van der Waals surface area (Å²) in [5.41, 5.74) is 0.808. The zero-order valence-electron chi connectivity index (χ0n) is 18.4. The number of nitrogens with one attached hydrogen (secondary N) is 2. The van der Waals surface area contributed by atoms with E-state index in [2.05, 4.69) is 15.5 Å². The maximum atomic E-state index is 15.2. The van der Waals surface area contributed by atoms with Crippen molar-refractivity contribution in [3.63, 3.8) is 0 Å². The molecule has 1 unspecified atom stereocenters. The number of imide groups is 1. The molecular formula is C23H33FN4O4. The Morgan fingerprint density at radius 2 is 1.81 bits per heavy atom. The van der Waals surface area contributed by atoms with Crippen LogP contribution in [-0.2, 0) is 14.4 Å². The Bertz CT molecular complexity index is 811. The third kappa shape index (κ3) is 6.91. The highest BCUT2D eigenvalue weighted by Gasteiger charge is 2.28. The van der Waals surface area contributed by atoms with Crippen LogP contribution in [0.2, 0.25) is 0 Å². The normalized spacial score (nSPS) is 19.7. The monoisotopic (exact) mass is 448 g/mol. The molecule has 0 aliphatic carbocycles. The molecule has 9 heteroatoms. The molecule has 2 heterocycles. The van der Waals surface area contributed by atoms with Crippen LogP contribution in [0.1, 0.15) is 51.4 Å². The summed E-state index contributed by atoms with van der Waals surface area (Å²) >= 11 is 0. The smallest absolute Gasteiger partial charge is 0.303 e. The number of hydrogen-bond acceptors (Lipinski definition) is 6. The minimum absolute atomic E-state index is 0.245. The van der Waals surface area contributed by atoms with Crippen LogP contribution in [0.3, 0.4) is 0 Å². The fourth-order valence-corrected chi connectivity index (χ4v) is 4.25. The predicted octanol–water partition coefficient (Wildman–Crippen LogP) is 2.59. The van der Waals surface area contributed by atoms with Crippen molar-refractivity contribution in [3.8, 4) is 0 Å². The number of unbranched alkanes of at least 4 members (excludes halogenated alkanes) is 4. The van der Waals surface area contributed by atoms with Crippen molar-refractivity contribution in [2.45, 2.75) is 57.4 Å². The number of carboxylic acid groups (broad SMARTS) is 1. The molecule has 2 aliphatic heterocycles. The van der Waals surface area contributed by atoms with Gasteiger partial charge in [-0.1, -0.05) is 25.3 Å². The molecule has 32 heavy (non-hydrogen) atoms. The van der Waals surface area contributed by atoms with Gasteiger partial charge in [-0.15, -0.1) is 0 Å². The van der Waals surface area contributed by atoms with Gasteiger partial charge in [0.1, 0.15) is 6.04 Å². The van der Waals surface area contributed by atoms with Crippen molar-refractivity contribution in [3.05, 3.63) is 24.0 Å². The maximum Gasteiger partial charge on any atom is 0.303 e. The molecule has 1 atom stereocenters. The number of anilines is 2. The van der Waals surface area contributed by atoms with Crippen molar-refractivity contribution in [2.24, 2.45) is 0 Å². The van der Waals surface area contributed by atoms with Gasteiger partial charge in [0.25, 0.3) is 0 Å². The molecule has 0 saturated carbocycles. The van der Waals surface area contributed by atoms with Crippen molar-refractivity contribution < 1.29 is 23.9 Å². The number of halogens is 1. The molecule has 1 aromatic rings. The number of carbonyl (C=O) groups excluding carboxylic acids is 2. The largest absolute Gasteiger partial charge is 0.481 e. The number of aliphatic carboxylic acids is 1. The Labute approximate surface area is 188 Å². The molecule has 2 aliphatic rings. The number of carboxylic acids is 1. The van der Waals surface area contributed by atoms with Gasteiger partial charge < -0.3 is 15.3 Å². The number of hydrogen-bond donors (Lipinski definition) is 3. The zero-order chi connectivity index (χ0) is 22.9. The van der Waals surface area contributed by atoms with E-state index in [0.717, 1.165) is 64.8 Å². The van der Waals surface area contributed by atoms with Crippen LogP contribution >= 0.6 is 0 Å². The van der Waals surface area contributed by atoms with E-state index in [0.29, 0.717) is 12.1 Å². The summed E-state index contributed by atoms with van der Waals surface area (Å²) in [6.07, 6.45) is 5.81. The minimum atomic E-state index is -0.725. The summed E-state index contributed by atoms with van der Waals surface area (Å²) in [5.74, 6) is -1.80. The van der Waals surface area contributed by atoms with Gasteiger partial charge >= 0.3 is 5.97 Å². The molecule has 2 saturated heterocycles. The van der Waals surface area contributed by atoms with Crippen LogP contribution in [0.4, 0.5) is 15.8 Å². The Morgan fingerprint density at radius 3 is 2.53 bits per heavy atom. The first kappa shape index (κ1) is 24.0. The highest BCUT2D eigenvalue weighted by atomic mass is 19.1. The van der Waals surface area contributed by atoms with E-state index in [9.17, 15) is 14.4 Å². The number of benzene rings is 1. The van der Waals surface area contributed by atoms with Crippen LogP contribution in [0, 0.1) is 5.82 Å². The molecule has 8 nitrogen and oxygen atoms in total. The zero-order valence-corrected chi connectivity index (χ0v) is 18.4. The van der Waals surface area contributed by atoms with E-state index in [-0.39, 0.29) is 30.3 Å². The second-order valence-electron chi connectivity index (χ2n) is 8.53. The molecule has 0 bridgehead atoms. The van der Waals surface area contributed by atoms with E-state index in [1.165, 1.54) is 0 Å². The minimum Gasteiger partial charge on any atom is -0.481 e. The Hall–Kier alpha value is -2.68. The van der Waals surface area contributed by atoms with E-state index < -0.39 is 17.9 Å². The van der Waals surface area contributed by atoms with Gasteiger partial charge in [-0.3, -0.25) is 24.6 Å². The quantitative estimate of drug-likeness (QED) is 0.353. The van der Waals surface area contributed by atoms with Gasteiger partial charge in [0.05, 0.1) is 11.4 Å². The molecule has 2 fully saturated rings. The van der Waals surface area contributed by atoms with E-state index in [4.69, 9.17) is 5.11 Å². The molecular weight excluding hydrogens is 415 g/mol. The van der Waals surface area contributed by atoms with E-state index in [1.807, 2.05) is 4.90 Å². The van der Waals surface area contributed by atoms with Crippen molar-refractivity contribution in [2.75, 3.05) is 42.9 Å². The highest BCUT2D eigenvalue weighted by molar-refractivity contribution is 6.01. The van der Waals surface area contributed by atoms with Crippen LogP contribution in [0.15, 0.2) is 18.2 Å². The first-order chi connectivity index (χ1) is 15.4. The summed E-state index contributed by atoms with van der Waals surface area (Å²) in [4.78, 5) is 38.2. The van der Waals surface area contributed by atoms with Gasteiger partial charge in [-0.05, 0) is 37.9 Å². The van der Waals surface area contributed by atoms with E-state index >= 15 is 4.39 Å². The molecule has 0 spiro atoms. The van der Waals surface area contributed by atoms with E-state index in [1.54, 1.807) is 18.2 Å². The maximum absolute atomic E-state index is 15.2. The molecule has 2 amide bonds. The van der Waals surface area contributed by atoms with Crippen LogP contribution in [-0.4, -0.2) is 66.6 Å². The lowest BCUT2D eigenvalue weighted by molar-refractivity contribution is -0.137. The predicted molar refractivity (Wildman–Crippen MR) is 120 cm³/mol. The summed E-state index contributed by atoms with van der Waals surface area (Å²) in [6.45, 7) is 4.20. The third-order valence-corrected chi connectivity index (χ3v) is 6.13. The average molecular weight is 449 g/mol. The van der Waals surface area contributed by atoms with Crippen LogP contribution in [0.25, 0.3) is 0 Å². The second-order valence-corrected chi connectivity index (χ2v) is 8.53. The molecule has 1 aromatic carbocycles. The standard InChI is InChI=1S/C23H33FN4O4/c24-22-17(25-18-10-11-20(29)26-23(18)32)7-6-8-19(22)28-15-13-27(14-16-28)12-5-3-1-2-4-9-21(30)31/h6-8,18,25H,1-5,9-16H2,(H,30,31)(H,26,29,32). The fraction of sp³-hybridized carbons (Fsp3) is 0.609. The Morgan fingerprint density at radius 1 is 1.09 bits per heavy atom. The number of carbonyl (C=O) groups is 3. The number of piperazine rings is 1. The number of rotatable bonds is 11. The second kappa shape index (κ2) is 11.8. The first-order valence-electron chi connectivity index (χ1n) is 11.5. The van der Waals surface area contributed by atoms with Crippen LogP contribution in [0.5, 0.6) is 0 Å². The topological polar surface area (TPSA) is 102 Å². The summed E-state index contributed by atoms with van der Waals surface area (Å²) in [5, 5.41) is 13.9. The third-order valence-electron chi connectivity index (χ3n) is 6.13. The highest BCUT2D eigenvalue weighted by Crippen LogP contribution is 2.28. The Kier molecular flexibility index (Phi) is 8.84. The summed E-state index contributed by atoms with van der Waals surface area (Å²) in [6, 6.07) is 4.55. The lowest BCUT2D eigenvalue weighted by Gasteiger charge is -2.36. The summed E-state index contributed by atoms with van der Waals surface area (Å²) in [7, 11) is 0. The average Bonchev–Trinajstić information content (AvgIpc) is 2.76. The van der Waals surface area contributed by atoms with Crippen LogP contribution < -0.4 is 15.5 Å². The lowest BCUT2D eigenvalue weighted by atomic mass is 10.1. The molecule has 3 rings (SSSR count). The lowest BCUT2D eigenvalue weighted by Crippen LogP contribution is -2.48. The number of piperidine rings is 1. The van der Waals surface area contributed by atoms with Crippen molar-refractivity contribution >= 4 is 29.2 Å². The SMILES string of the molecule is O=C(O)CCCCCCCN1CCN(c2cccc(NC3CCC(=O)NC3=O)c2F)CC1.